The first-order valence-electron chi connectivity index (χ1n) is 18.0. The summed E-state index contributed by atoms with van der Waals surface area (Å²) in [5.74, 6) is 0.338. The van der Waals surface area contributed by atoms with Gasteiger partial charge in [0.25, 0.3) is 0 Å². The number of aliphatic hydroxyl groups excluding tert-OH is 1. The maximum absolute atomic E-state index is 12.9. The van der Waals surface area contributed by atoms with Crippen LogP contribution >= 0.6 is 36.4 Å². The molecule has 6 rings (SSSR count). The molecule has 1 fully saturated rings. The Morgan fingerprint density at radius 2 is 1.74 bits per heavy atom. The number of nitrogens with one attached hydrogen (secondary N) is 3. The van der Waals surface area contributed by atoms with Crippen molar-refractivity contribution in [2.75, 3.05) is 30.5 Å². The van der Waals surface area contributed by atoms with Crippen LogP contribution in [0.1, 0.15) is 48.5 Å². The number of aliphatic hydroxyl groups is 1. The Morgan fingerprint density at radius 3 is 2.44 bits per heavy atom. The summed E-state index contributed by atoms with van der Waals surface area (Å²) < 4.78 is 11.1. The van der Waals surface area contributed by atoms with Gasteiger partial charge in [-0.15, -0.1) is 24.8 Å². The van der Waals surface area contributed by atoms with Gasteiger partial charge in [0.2, 0.25) is 5.56 Å². The molecule has 0 aliphatic heterocycles. The first-order chi connectivity index (χ1) is 26.5. The van der Waals surface area contributed by atoms with E-state index in [1.54, 1.807) is 24.3 Å². The van der Waals surface area contributed by atoms with Gasteiger partial charge >= 0.3 is 12.2 Å². The van der Waals surface area contributed by atoms with Gasteiger partial charge in [-0.3, -0.25) is 15.0 Å². The SMILES string of the molecule is COc1cc(NC(=O)OCCc2ccc(-c3ccccc3)c(N(C(=O)O)C3CCC(N)CC3)c2)c(Cl)cc1CNC[C@H](O)c1ccc(O)c2[nH]c(=O)ccc12.Cl.Cl. The van der Waals surface area contributed by atoms with Crippen molar-refractivity contribution >= 4 is 70.9 Å². The Bertz CT molecular complexity index is 2220. The number of carboxylic acid groups (broad SMARTS) is 1. The zero-order valence-electron chi connectivity index (χ0n) is 31.1. The third-order valence-corrected chi connectivity index (χ3v) is 10.2. The molecule has 13 nitrogen and oxygen atoms in total. The summed E-state index contributed by atoms with van der Waals surface area (Å²) >= 11 is 6.56. The number of fused-ring (bicyclic) bond motifs is 1. The standard InChI is InChI=1S/C41H44ClN5O8.2ClH/c1-54-37-21-33(32(42)20-26(37)22-44-23-36(49)30-13-15-35(48)39-31(30)14-16-38(50)46-39)45-40(51)55-18-17-24-7-12-29(25-5-3-2-4-6-25)34(19-24)47(41(52)53)28-10-8-27(43)9-11-28;;/h2-7,12-16,19-21,27-28,36,44,48-49H,8-11,17-18,22-23,43H2,1H3,(H,45,51)(H,46,50)(H,52,53);2*1H/t27?,28?,36-;;/m0../s1. The number of ether oxygens (including phenoxy) is 2. The summed E-state index contributed by atoms with van der Waals surface area (Å²) in [6.45, 7) is 0.412. The number of pyridine rings is 1. The molecule has 5 aromatic rings. The van der Waals surface area contributed by atoms with Crippen molar-refractivity contribution in [3.8, 4) is 22.6 Å². The van der Waals surface area contributed by atoms with Crippen LogP contribution in [0.25, 0.3) is 22.0 Å². The molecule has 1 heterocycles. The molecule has 1 aliphatic carbocycles. The van der Waals surface area contributed by atoms with Crippen LogP contribution < -0.4 is 31.6 Å². The van der Waals surface area contributed by atoms with Gasteiger partial charge < -0.3 is 40.8 Å². The van der Waals surface area contributed by atoms with E-state index in [9.17, 15) is 29.7 Å². The van der Waals surface area contributed by atoms with E-state index >= 15 is 0 Å². The van der Waals surface area contributed by atoms with E-state index in [-0.39, 0.29) is 84.1 Å². The zero-order chi connectivity index (χ0) is 39.1. The number of anilines is 2. The van der Waals surface area contributed by atoms with Gasteiger partial charge in [-0.25, -0.2) is 9.59 Å². The van der Waals surface area contributed by atoms with Crippen molar-refractivity contribution < 1.29 is 34.4 Å². The molecule has 2 amide bonds. The maximum Gasteiger partial charge on any atom is 0.412 e. The predicted molar refractivity (Wildman–Crippen MR) is 227 cm³/mol. The Kier molecular flexibility index (Phi) is 16.0. The number of phenols is 1. The fourth-order valence-corrected chi connectivity index (χ4v) is 7.27. The van der Waals surface area contributed by atoms with Crippen molar-refractivity contribution in [3.05, 3.63) is 117 Å². The number of nitrogens with zero attached hydrogens (tertiary/aromatic N) is 1. The van der Waals surface area contributed by atoms with Gasteiger partial charge in [0, 0.05) is 60.2 Å². The minimum atomic E-state index is -1.03. The van der Waals surface area contributed by atoms with Gasteiger partial charge in [0.05, 0.1) is 41.7 Å². The van der Waals surface area contributed by atoms with E-state index in [1.807, 2.05) is 48.5 Å². The number of rotatable bonds is 13. The normalized spacial score (nSPS) is 15.4. The highest BCUT2D eigenvalue weighted by molar-refractivity contribution is 6.33. The third-order valence-electron chi connectivity index (χ3n) is 9.87. The van der Waals surface area contributed by atoms with Crippen molar-refractivity contribution in [3.63, 3.8) is 0 Å². The number of aromatic nitrogens is 1. The Labute approximate surface area is 347 Å². The average molecular weight is 843 g/mol. The van der Waals surface area contributed by atoms with E-state index in [2.05, 4.69) is 15.6 Å². The van der Waals surface area contributed by atoms with Crippen molar-refractivity contribution in [1.29, 1.82) is 0 Å². The monoisotopic (exact) mass is 841 g/mol. The molecule has 16 heteroatoms. The minimum Gasteiger partial charge on any atom is -0.506 e. The molecule has 1 aliphatic rings. The Balaban J connectivity index is 0.00000360. The van der Waals surface area contributed by atoms with Crippen LogP contribution in [0.4, 0.5) is 21.0 Å². The molecule has 0 spiro atoms. The largest absolute Gasteiger partial charge is 0.506 e. The van der Waals surface area contributed by atoms with E-state index < -0.39 is 18.3 Å². The highest BCUT2D eigenvalue weighted by atomic mass is 35.5. The number of benzene rings is 4. The molecule has 8 N–H and O–H groups in total. The number of aromatic hydroxyl groups is 1. The smallest absolute Gasteiger partial charge is 0.412 e. The van der Waals surface area contributed by atoms with Gasteiger partial charge in [-0.2, -0.15) is 0 Å². The van der Waals surface area contributed by atoms with Crippen molar-refractivity contribution in [1.82, 2.24) is 10.3 Å². The van der Waals surface area contributed by atoms with Crippen LogP contribution in [0.15, 0.2) is 89.7 Å². The van der Waals surface area contributed by atoms with Crippen LogP contribution in [0.2, 0.25) is 5.02 Å². The predicted octanol–water partition coefficient (Wildman–Crippen LogP) is 7.78. The second kappa shape index (κ2) is 20.4. The molecular formula is C41H46Cl3N5O8. The number of hydrogen-bond donors (Lipinski definition) is 7. The fraction of sp³-hybridized carbons (Fsp3) is 0.293. The molecule has 1 aromatic heterocycles. The number of nitrogens with two attached hydrogens (primary N) is 1. The molecule has 0 saturated heterocycles. The maximum atomic E-state index is 12.9. The summed E-state index contributed by atoms with van der Waals surface area (Å²) in [5.41, 5.74) is 10.5. The summed E-state index contributed by atoms with van der Waals surface area (Å²) in [7, 11) is 1.49. The van der Waals surface area contributed by atoms with E-state index in [4.69, 9.17) is 26.8 Å². The number of methoxy groups -OCH3 is 1. The van der Waals surface area contributed by atoms with Crippen LogP contribution in [-0.2, 0) is 17.7 Å². The van der Waals surface area contributed by atoms with Crippen LogP contribution in [-0.4, -0.2) is 64.8 Å². The molecule has 57 heavy (non-hydrogen) atoms. The number of halogens is 3. The number of aromatic amines is 1. The van der Waals surface area contributed by atoms with Gasteiger partial charge in [-0.05, 0) is 66.6 Å². The lowest BCUT2D eigenvalue weighted by atomic mass is 9.89. The lowest BCUT2D eigenvalue weighted by Gasteiger charge is -2.35. The number of phenolic OH excluding ortho intramolecular Hbond substituents is 1. The number of carbonyl (C=O) groups excluding carboxylic acids is 1. The van der Waals surface area contributed by atoms with Crippen LogP contribution in [0.3, 0.4) is 0 Å². The second-order valence-corrected chi connectivity index (χ2v) is 13.9. The second-order valence-electron chi connectivity index (χ2n) is 13.5. The first-order valence-corrected chi connectivity index (χ1v) is 18.4. The lowest BCUT2D eigenvalue weighted by molar-refractivity contribution is 0.163. The van der Waals surface area contributed by atoms with Gasteiger partial charge in [-0.1, -0.05) is 60.1 Å². The van der Waals surface area contributed by atoms with Crippen molar-refractivity contribution in [2.24, 2.45) is 5.73 Å². The zero-order valence-corrected chi connectivity index (χ0v) is 33.5. The summed E-state index contributed by atoms with van der Waals surface area (Å²) in [6, 6.07) is 24.3. The van der Waals surface area contributed by atoms with Crippen LogP contribution in [0, 0.1) is 0 Å². The molecule has 0 radical (unpaired) electrons. The molecular weight excluding hydrogens is 797 g/mol. The number of H-pyrrole nitrogens is 1. The number of carbonyl (C=O) groups is 2. The average Bonchev–Trinajstić information content (AvgIpc) is 3.17. The molecule has 304 valence electrons. The highest BCUT2D eigenvalue weighted by Gasteiger charge is 2.31. The third kappa shape index (κ3) is 10.9. The summed E-state index contributed by atoms with van der Waals surface area (Å²) in [6.07, 6.45) is 0.466. The fourth-order valence-electron chi connectivity index (χ4n) is 7.04. The molecule has 0 unspecified atom stereocenters. The quantitative estimate of drug-likeness (QED) is 0.0615. The van der Waals surface area contributed by atoms with Gasteiger partial charge in [0.1, 0.15) is 11.5 Å². The lowest BCUT2D eigenvalue weighted by Crippen LogP contribution is -2.44. The first kappa shape index (κ1) is 44.7. The Hall–Kier alpha value is -5.02. The number of amides is 2. The van der Waals surface area contributed by atoms with E-state index in [0.717, 1.165) is 29.5 Å². The topological polar surface area (TPSA) is 199 Å². The van der Waals surface area contributed by atoms with Crippen LogP contribution in [0.5, 0.6) is 11.5 Å². The molecule has 1 saturated carbocycles. The van der Waals surface area contributed by atoms with E-state index in [1.165, 1.54) is 24.1 Å². The highest BCUT2D eigenvalue weighted by Crippen LogP contribution is 2.37. The van der Waals surface area contributed by atoms with Gasteiger partial charge in [0.15, 0.2) is 0 Å². The minimum absolute atomic E-state index is 0. The van der Waals surface area contributed by atoms with E-state index in [0.29, 0.717) is 47.2 Å². The molecule has 4 aromatic carbocycles. The number of hydrogen-bond acceptors (Lipinski definition) is 9. The molecule has 0 bridgehead atoms. The summed E-state index contributed by atoms with van der Waals surface area (Å²) in [4.78, 5) is 41.4. The summed E-state index contributed by atoms with van der Waals surface area (Å²) in [5, 5.41) is 38.1. The molecule has 1 atom stereocenters. The Morgan fingerprint density at radius 1 is 1.00 bits per heavy atom. The van der Waals surface area contributed by atoms with Crippen molar-refractivity contribution in [2.45, 2.75) is 56.8 Å².